The standard InChI is InChI=1S/C19H29N3O/c1-14-5-6-15(2)18(12-14)21-19(23)13-22-10-7-16(8-11-22)17-4-3-9-20-17/h5-6,12,16-17,20H,3-4,7-11,13H2,1-2H3,(H,21,23). The Kier molecular flexibility index (Phi) is 5.34. The number of rotatable bonds is 4. The SMILES string of the molecule is Cc1ccc(C)c(NC(=O)CN2CCC(C3CCCN3)CC2)c1. The molecule has 2 heterocycles. The average molecular weight is 315 g/mol. The van der Waals surface area contributed by atoms with E-state index in [1.54, 1.807) is 0 Å². The molecule has 1 atom stereocenters. The molecule has 4 heteroatoms. The van der Waals surface area contributed by atoms with Crippen molar-refractivity contribution >= 4 is 11.6 Å². The Morgan fingerprint density at radius 2 is 2.04 bits per heavy atom. The number of nitrogens with zero attached hydrogens (tertiary/aromatic N) is 1. The van der Waals surface area contributed by atoms with Crippen molar-refractivity contribution in [2.24, 2.45) is 5.92 Å². The smallest absolute Gasteiger partial charge is 0.238 e. The molecule has 1 aromatic carbocycles. The van der Waals surface area contributed by atoms with Crippen LogP contribution >= 0.6 is 0 Å². The van der Waals surface area contributed by atoms with E-state index in [9.17, 15) is 4.79 Å². The summed E-state index contributed by atoms with van der Waals surface area (Å²) >= 11 is 0. The summed E-state index contributed by atoms with van der Waals surface area (Å²) in [5.41, 5.74) is 3.24. The van der Waals surface area contributed by atoms with Gasteiger partial charge in [0.05, 0.1) is 6.54 Å². The summed E-state index contributed by atoms with van der Waals surface area (Å²) in [4.78, 5) is 14.6. The van der Waals surface area contributed by atoms with Gasteiger partial charge >= 0.3 is 0 Å². The van der Waals surface area contributed by atoms with Crippen LogP contribution in [0.2, 0.25) is 0 Å². The largest absolute Gasteiger partial charge is 0.325 e. The van der Waals surface area contributed by atoms with E-state index in [0.29, 0.717) is 6.54 Å². The Labute approximate surface area is 139 Å². The van der Waals surface area contributed by atoms with Gasteiger partial charge in [0.2, 0.25) is 5.91 Å². The van der Waals surface area contributed by atoms with Crippen molar-refractivity contribution < 1.29 is 4.79 Å². The Hall–Kier alpha value is -1.39. The molecular formula is C19H29N3O. The fourth-order valence-electron chi connectivity index (χ4n) is 3.89. The number of benzene rings is 1. The lowest BCUT2D eigenvalue weighted by atomic mass is 9.88. The lowest BCUT2D eigenvalue weighted by molar-refractivity contribution is -0.117. The van der Waals surface area contributed by atoms with Crippen molar-refractivity contribution in [3.63, 3.8) is 0 Å². The van der Waals surface area contributed by atoms with Crippen LogP contribution < -0.4 is 10.6 Å². The topological polar surface area (TPSA) is 44.4 Å². The predicted molar refractivity (Wildman–Crippen MR) is 94.7 cm³/mol. The Morgan fingerprint density at radius 3 is 2.74 bits per heavy atom. The van der Waals surface area contributed by atoms with Gasteiger partial charge in [-0.3, -0.25) is 9.69 Å². The molecule has 1 unspecified atom stereocenters. The minimum absolute atomic E-state index is 0.108. The van der Waals surface area contributed by atoms with Crippen LogP contribution in [-0.2, 0) is 4.79 Å². The average Bonchev–Trinajstić information content (AvgIpc) is 3.06. The molecule has 2 aliphatic heterocycles. The normalized spacial score (nSPS) is 23.1. The lowest BCUT2D eigenvalue weighted by Gasteiger charge is -2.34. The van der Waals surface area contributed by atoms with E-state index in [1.165, 1.54) is 37.8 Å². The first-order chi connectivity index (χ1) is 11.1. The van der Waals surface area contributed by atoms with Crippen molar-refractivity contribution in [2.75, 3.05) is 31.5 Å². The zero-order valence-electron chi connectivity index (χ0n) is 14.4. The van der Waals surface area contributed by atoms with E-state index in [1.807, 2.05) is 13.0 Å². The van der Waals surface area contributed by atoms with Crippen LogP contribution in [0.1, 0.15) is 36.8 Å². The Bertz CT molecular complexity index is 544. The van der Waals surface area contributed by atoms with Gasteiger partial charge in [0.15, 0.2) is 0 Å². The molecule has 3 rings (SSSR count). The van der Waals surface area contributed by atoms with Crippen molar-refractivity contribution in [2.45, 2.75) is 45.6 Å². The van der Waals surface area contributed by atoms with Gasteiger partial charge in [-0.05, 0) is 82.3 Å². The summed E-state index contributed by atoms with van der Waals surface area (Å²) in [7, 11) is 0. The van der Waals surface area contributed by atoms with Crippen LogP contribution in [-0.4, -0.2) is 43.0 Å². The maximum atomic E-state index is 12.3. The number of nitrogens with one attached hydrogen (secondary N) is 2. The maximum Gasteiger partial charge on any atom is 0.238 e. The molecule has 1 amide bonds. The van der Waals surface area contributed by atoms with E-state index in [-0.39, 0.29) is 5.91 Å². The molecule has 126 valence electrons. The van der Waals surface area contributed by atoms with E-state index in [2.05, 4.69) is 34.6 Å². The summed E-state index contributed by atoms with van der Waals surface area (Å²) in [5.74, 6) is 0.909. The highest BCUT2D eigenvalue weighted by Crippen LogP contribution is 2.25. The minimum Gasteiger partial charge on any atom is -0.325 e. The molecule has 0 aromatic heterocycles. The fourth-order valence-corrected chi connectivity index (χ4v) is 3.89. The molecular weight excluding hydrogens is 286 g/mol. The second kappa shape index (κ2) is 7.45. The first-order valence-electron chi connectivity index (χ1n) is 8.94. The predicted octanol–water partition coefficient (Wildman–Crippen LogP) is 2.71. The Morgan fingerprint density at radius 1 is 1.26 bits per heavy atom. The molecule has 2 saturated heterocycles. The van der Waals surface area contributed by atoms with Crippen LogP contribution in [0.25, 0.3) is 0 Å². The van der Waals surface area contributed by atoms with Crippen molar-refractivity contribution in [3.05, 3.63) is 29.3 Å². The van der Waals surface area contributed by atoms with E-state index < -0.39 is 0 Å². The van der Waals surface area contributed by atoms with Crippen LogP contribution in [0.4, 0.5) is 5.69 Å². The molecule has 23 heavy (non-hydrogen) atoms. The van der Waals surface area contributed by atoms with Gasteiger partial charge in [-0.2, -0.15) is 0 Å². The number of likely N-dealkylation sites (tertiary alicyclic amines) is 1. The highest BCUT2D eigenvalue weighted by atomic mass is 16.2. The molecule has 0 spiro atoms. The summed E-state index contributed by atoms with van der Waals surface area (Å²) in [6.45, 7) is 7.87. The van der Waals surface area contributed by atoms with Crippen LogP contribution in [0, 0.1) is 19.8 Å². The van der Waals surface area contributed by atoms with Gasteiger partial charge < -0.3 is 10.6 Å². The van der Waals surface area contributed by atoms with Crippen molar-refractivity contribution in [1.29, 1.82) is 0 Å². The molecule has 2 N–H and O–H groups in total. The third-order valence-corrected chi connectivity index (χ3v) is 5.33. The number of carbonyl (C=O) groups is 1. The molecule has 0 saturated carbocycles. The lowest BCUT2D eigenvalue weighted by Crippen LogP contribution is -2.43. The number of piperidine rings is 1. The van der Waals surface area contributed by atoms with Crippen molar-refractivity contribution in [1.82, 2.24) is 10.2 Å². The van der Waals surface area contributed by atoms with Crippen LogP contribution in [0.15, 0.2) is 18.2 Å². The summed E-state index contributed by atoms with van der Waals surface area (Å²) < 4.78 is 0. The van der Waals surface area contributed by atoms with Crippen molar-refractivity contribution in [3.8, 4) is 0 Å². The van der Waals surface area contributed by atoms with E-state index >= 15 is 0 Å². The Balaban J connectivity index is 1.46. The van der Waals surface area contributed by atoms with Crippen LogP contribution in [0.3, 0.4) is 0 Å². The quantitative estimate of drug-likeness (QED) is 0.898. The van der Waals surface area contributed by atoms with Crippen LogP contribution in [0.5, 0.6) is 0 Å². The number of anilines is 1. The first kappa shape index (κ1) is 16.5. The molecule has 0 bridgehead atoms. The third kappa shape index (κ3) is 4.33. The summed E-state index contributed by atoms with van der Waals surface area (Å²) in [6, 6.07) is 6.91. The molecule has 0 aliphatic carbocycles. The minimum atomic E-state index is 0.108. The van der Waals surface area contributed by atoms with E-state index in [0.717, 1.165) is 36.3 Å². The van der Waals surface area contributed by atoms with Gasteiger partial charge in [0.25, 0.3) is 0 Å². The number of hydrogen-bond donors (Lipinski definition) is 2. The van der Waals surface area contributed by atoms with Gasteiger partial charge in [0, 0.05) is 11.7 Å². The van der Waals surface area contributed by atoms with Gasteiger partial charge in [-0.1, -0.05) is 12.1 Å². The number of hydrogen-bond acceptors (Lipinski definition) is 3. The maximum absolute atomic E-state index is 12.3. The molecule has 0 radical (unpaired) electrons. The van der Waals surface area contributed by atoms with Gasteiger partial charge in [-0.25, -0.2) is 0 Å². The zero-order valence-corrected chi connectivity index (χ0v) is 14.4. The molecule has 2 fully saturated rings. The second-order valence-corrected chi connectivity index (χ2v) is 7.18. The molecule has 1 aromatic rings. The third-order valence-electron chi connectivity index (χ3n) is 5.33. The highest BCUT2D eigenvalue weighted by Gasteiger charge is 2.28. The molecule has 2 aliphatic rings. The number of carbonyl (C=O) groups excluding carboxylic acids is 1. The summed E-state index contributed by atoms with van der Waals surface area (Å²) in [6.07, 6.45) is 5.09. The molecule has 4 nitrogen and oxygen atoms in total. The van der Waals surface area contributed by atoms with Gasteiger partial charge in [0.1, 0.15) is 0 Å². The first-order valence-corrected chi connectivity index (χ1v) is 8.94. The number of amides is 1. The number of aryl methyl sites for hydroxylation is 2. The van der Waals surface area contributed by atoms with E-state index in [4.69, 9.17) is 0 Å². The zero-order chi connectivity index (χ0) is 16.2. The fraction of sp³-hybridized carbons (Fsp3) is 0.632. The monoisotopic (exact) mass is 315 g/mol. The van der Waals surface area contributed by atoms with Gasteiger partial charge in [-0.15, -0.1) is 0 Å². The summed E-state index contributed by atoms with van der Waals surface area (Å²) in [5, 5.41) is 6.70. The highest BCUT2D eigenvalue weighted by molar-refractivity contribution is 5.93. The second-order valence-electron chi connectivity index (χ2n) is 7.18.